The normalized spacial score (nSPS) is 17.6. The Balaban J connectivity index is 1.97. The molecule has 2 heterocycles. The fourth-order valence-electron chi connectivity index (χ4n) is 2.25. The molecular formula is C14H14Cl2N4O4S. The molecule has 0 saturated carbocycles. The van der Waals surface area contributed by atoms with Gasteiger partial charge < -0.3 is 20.4 Å². The largest absolute Gasteiger partial charge is 0.394 e. The van der Waals surface area contributed by atoms with Crippen LogP contribution in [0.3, 0.4) is 0 Å². The SMILES string of the molecule is OC[C@@H](O)[C@@H](O)[C@H](O)c1nnc2n1N=C(c1ccc(Cl)cc1Cl)CS2. The molecule has 8 nitrogen and oxygen atoms in total. The lowest BCUT2D eigenvalue weighted by Gasteiger charge is -2.21. The summed E-state index contributed by atoms with van der Waals surface area (Å²) < 4.78 is 1.28. The molecule has 4 N–H and O–H groups in total. The quantitative estimate of drug-likeness (QED) is 0.577. The van der Waals surface area contributed by atoms with Gasteiger partial charge >= 0.3 is 0 Å². The molecule has 0 saturated heterocycles. The van der Waals surface area contributed by atoms with E-state index in [1.807, 2.05) is 0 Å². The van der Waals surface area contributed by atoms with Crippen molar-refractivity contribution in [3.63, 3.8) is 0 Å². The van der Waals surface area contributed by atoms with E-state index in [9.17, 15) is 15.3 Å². The van der Waals surface area contributed by atoms with E-state index in [0.29, 0.717) is 32.2 Å². The number of nitrogens with zero attached hydrogens (tertiary/aromatic N) is 4. The Kier molecular flexibility index (Phi) is 5.64. The number of thioether (sulfide) groups is 1. The second-order valence-corrected chi connectivity index (χ2v) is 7.08. The molecule has 25 heavy (non-hydrogen) atoms. The van der Waals surface area contributed by atoms with Crippen molar-refractivity contribution in [2.24, 2.45) is 5.10 Å². The molecule has 0 spiro atoms. The van der Waals surface area contributed by atoms with Gasteiger partial charge in [-0.2, -0.15) is 9.78 Å². The van der Waals surface area contributed by atoms with Crippen molar-refractivity contribution < 1.29 is 20.4 Å². The molecule has 0 fully saturated rings. The molecule has 0 amide bonds. The third kappa shape index (κ3) is 3.68. The van der Waals surface area contributed by atoms with E-state index in [4.69, 9.17) is 28.3 Å². The van der Waals surface area contributed by atoms with Crippen LogP contribution >= 0.6 is 35.0 Å². The van der Waals surface area contributed by atoms with Crippen molar-refractivity contribution >= 4 is 40.7 Å². The highest BCUT2D eigenvalue weighted by molar-refractivity contribution is 7.99. The summed E-state index contributed by atoms with van der Waals surface area (Å²) in [5.74, 6) is 0.432. The number of aliphatic hydroxyl groups is 4. The monoisotopic (exact) mass is 404 g/mol. The van der Waals surface area contributed by atoms with E-state index in [1.54, 1.807) is 18.2 Å². The summed E-state index contributed by atoms with van der Waals surface area (Å²) in [5, 5.41) is 52.0. The molecule has 0 aliphatic carbocycles. The van der Waals surface area contributed by atoms with Crippen LogP contribution in [0.2, 0.25) is 10.0 Å². The van der Waals surface area contributed by atoms with Gasteiger partial charge in [0.1, 0.15) is 18.3 Å². The van der Waals surface area contributed by atoms with E-state index in [0.717, 1.165) is 0 Å². The van der Waals surface area contributed by atoms with Crippen LogP contribution in [0.4, 0.5) is 0 Å². The predicted octanol–water partition coefficient (Wildman–Crippen LogP) is 0.691. The number of hydrogen-bond donors (Lipinski definition) is 4. The summed E-state index contributed by atoms with van der Waals surface area (Å²) >= 11 is 13.4. The van der Waals surface area contributed by atoms with Crippen LogP contribution in [0.15, 0.2) is 28.5 Å². The molecule has 0 unspecified atom stereocenters. The van der Waals surface area contributed by atoms with Crippen molar-refractivity contribution in [1.29, 1.82) is 0 Å². The molecule has 2 aromatic rings. The number of benzene rings is 1. The summed E-state index contributed by atoms with van der Waals surface area (Å²) in [7, 11) is 0. The van der Waals surface area contributed by atoms with Gasteiger partial charge in [-0.1, -0.05) is 41.0 Å². The van der Waals surface area contributed by atoms with Crippen LogP contribution < -0.4 is 0 Å². The second kappa shape index (κ2) is 7.58. The molecule has 1 aliphatic rings. The van der Waals surface area contributed by atoms with Crippen molar-refractivity contribution in [3.05, 3.63) is 39.6 Å². The Morgan fingerprint density at radius 3 is 2.64 bits per heavy atom. The fourth-order valence-corrected chi connectivity index (χ4v) is 3.61. The van der Waals surface area contributed by atoms with Crippen LogP contribution in [0.1, 0.15) is 17.5 Å². The Bertz CT molecular complexity index is 816. The lowest BCUT2D eigenvalue weighted by molar-refractivity contribution is -0.0813. The van der Waals surface area contributed by atoms with Crippen LogP contribution in [-0.4, -0.2) is 65.6 Å². The molecule has 1 aliphatic heterocycles. The van der Waals surface area contributed by atoms with E-state index in [2.05, 4.69) is 15.3 Å². The van der Waals surface area contributed by atoms with Crippen molar-refractivity contribution in [3.8, 4) is 0 Å². The molecular weight excluding hydrogens is 391 g/mol. The van der Waals surface area contributed by atoms with Crippen LogP contribution in [0.5, 0.6) is 0 Å². The molecule has 3 atom stereocenters. The fraction of sp³-hybridized carbons (Fsp3) is 0.357. The maximum Gasteiger partial charge on any atom is 0.212 e. The Hall–Kier alpha value is -1.20. The Morgan fingerprint density at radius 1 is 1.20 bits per heavy atom. The number of rotatable bonds is 5. The van der Waals surface area contributed by atoms with Gasteiger partial charge in [0.05, 0.1) is 17.3 Å². The summed E-state index contributed by atoms with van der Waals surface area (Å²) in [4.78, 5) is 0. The number of aromatic nitrogens is 3. The molecule has 3 rings (SSSR count). The van der Waals surface area contributed by atoms with Crippen LogP contribution in [0.25, 0.3) is 0 Å². The zero-order chi connectivity index (χ0) is 18.1. The number of halogens is 2. The highest BCUT2D eigenvalue weighted by atomic mass is 35.5. The number of aliphatic hydroxyl groups excluding tert-OH is 4. The minimum atomic E-state index is -1.64. The van der Waals surface area contributed by atoms with Gasteiger partial charge in [-0.3, -0.25) is 0 Å². The average molecular weight is 405 g/mol. The third-order valence-corrected chi connectivity index (χ3v) is 5.08. The van der Waals surface area contributed by atoms with Gasteiger partial charge in [0, 0.05) is 16.3 Å². The number of fused-ring (bicyclic) bond motifs is 1. The maximum atomic E-state index is 10.2. The van der Waals surface area contributed by atoms with E-state index in [-0.39, 0.29) is 5.82 Å². The van der Waals surface area contributed by atoms with Gasteiger partial charge in [-0.25, -0.2) is 0 Å². The number of hydrogen-bond acceptors (Lipinski definition) is 8. The van der Waals surface area contributed by atoms with Gasteiger partial charge in [0.25, 0.3) is 0 Å². The van der Waals surface area contributed by atoms with Gasteiger partial charge in [0.15, 0.2) is 5.82 Å². The average Bonchev–Trinajstić information content (AvgIpc) is 3.02. The van der Waals surface area contributed by atoms with Crippen LogP contribution in [0, 0.1) is 0 Å². The minimum absolute atomic E-state index is 0.0511. The van der Waals surface area contributed by atoms with Crippen molar-refractivity contribution in [2.75, 3.05) is 12.4 Å². The summed E-state index contributed by atoms with van der Waals surface area (Å²) in [6.45, 7) is -0.705. The topological polar surface area (TPSA) is 124 Å². The first kappa shape index (κ1) is 18.6. The lowest BCUT2D eigenvalue weighted by atomic mass is 10.1. The lowest BCUT2D eigenvalue weighted by Crippen LogP contribution is -2.36. The Labute approximate surface area is 156 Å². The van der Waals surface area contributed by atoms with Crippen molar-refractivity contribution in [1.82, 2.24) is 14.9 Å². The molecule has 134 valence electrons. The van der Waals surface area contributed by atoms with Crippen molar-refractivity contribution in [2.45, 2.75) is 23.5 Å². The van der Waals surface area contributed by atoms with Gasteiger partial charge in [-0.05, 0) is 12.1 Å². The van der Waals surface area contributed by atoms with Gasteiger partial charge in [-0.15, -0.1) is 10.2 Å². The first-order chi connectivity index (χ1) is 11.9. The first-order valence-electron chi connectivity index (χ1n) is 7.18. The van der Waals surface area contributed by atoms with E-state index >= 15 is 0 Å². The Morgan fingerprint density at radius 2 is 1.96 bits per heavy atom. The zero-order valence-corrected chi connectivity index (χ0v) is 14.9. The standard InChI is InChI=1S/C14H14Cl2N4O4S/c15-6-1-2-7(8(16)3-6)9-5-25-14-18-17-13(20(14)19-9)12(24)11(23)10(22)4-21/h1-3,10-12,21-24H,4-5H2/t10-,11-,12+/m1/s1. The smallest absolute Gasteiger partial charge is 0.212 e. The predicted molar refractivity (Wildman–Crippen MR) is 93.2 cm³/mol. The van der Waals surface area contributed by atoms with E-state index < -0.39 is 24.9 Å². The highest BCUT2D eigenvalue weighted by Gasteiger charge is 2.32. The summed E-state index contributed by atoms with van der Waals surface area (Å²) in [5.41, 5.74) is 1.29. The highest BCUT2D eigenvalue weighted by Crippen LogP contribution is 2.30. The maximum absolute atomic E-state index is 10.2. The second-order valence-electron chi connectivity index (χ2n) is 5.30. The molecule has 0 radical (unpaired) electrons. The summed E-state index contributed by atoms with van der Waals surface area (Å²) in [6.07, 6.45) is -4.73. The third-order valence-electron chi connectivity index (χ3n) is 3.61. The summed E-state index contributed by atoms with van der Waals surface area (Å²) in [6, 6.07) is 5.03. The van der Waals surface area contributed by atoms with Gasteiger partial charge in [0.2, 0.25) is 5.16 Å². The molecule has 0 bridgehead atoms. The zero-order valence-electron chi connectivity index (χ0n) is 12.6. The molecule has 11 heteroatoms. The molecule has 1 aromatic heterocycles. The minimum Gasteiger partial charge on any atom is -0.394 e. The van der Waals surface area contributed by atoms with E-state index in [1.165, 1.54) is 16.4 Å². The first-order valence-corrected chi connectivity index (χ1v) is 8.93. The van der Waals surface area contributed by atoms with Crippen LogP contribution in [-0.2, 0) is 0 Å². The molecule has 1 aromatic carbocycles.